The van der Waals surface area contributed by atoms with Gasteiger partial charge in [-0.25, -0.2) is 0 Å². The van der Waals surface area contributed by atoms with Crippen LogP contribution >= 0.6 is 23.2 Å². The third-order valence-corrected chi connectivity index (χ3v) is 4.18. The van der Waals surface area contributed by atoms with Crippen molar-refractivity contribution in [3.05, 3.63) is 39.5 Å². The second-order valence-corrected chi connectivity index (χ2v) is 6.43. The molecule has 0 aromatic heterocycles. The van der Waals surface area contributed by atoms with E-state index in [0.29, 0.717) is 11.4 Å². The molecule has 26 heavy (non-hydrogen) atoms. The van der Waals surface area contributed by atoms with Gasteiger partial charge in [0.15, 0.2) is 6.10 Å². The number of allylic oxidation sites excluding steroid dienone is 2. The molecule has 0 saturated heterocycles. The van der Waals surface area contributed by atoms with Crippen molar-refractivity contribution in [1.29, 1.82) is 0 Å². The number of hydrogen-bond acceptors (Lipinski definition) is 4. The average molecular weight is 411 g/mol. The number of carbonyl (C=O) groups excluding carboxylic acids is 2. The van der Waals surface area contributed by atoms with Gasteiger partial charge in [-0.3, -0.25) is 15.0 Å². The molecule has 0 unspecified atom stereocenters. The maximum absolute atomic E-state index is 12.6. The molecule has 0 aliphatic heterocycles. The van der Waals surface area contributed by atoms with Crippen molar-refractivity contribution >= 4 is 34.9 Å². The number of carbonyl (C=O) groups is 2. The summed E-state index contributed by atoms with van der Waals surface area (Å²) >= 11 is 11.7. The smallest absolute Gasteiger partial charge is 0.454 e. The molecule has 0 heterocycles. The molecule has 5 nitrogen and oxygen atoms in total. The molecular weight excluding hydrogens is 396 g/mol. The highest BCUT2D eigenvalue weighted by molar-refractivity contribution is 6.35. The molecule has 0 radical (unpaired) electrons. The summed E-state index contributed by atoms with van der Waals surface area (Å²) in [4.78, 5) is 23.4. The van der Waals surface area contributed by atoms with Gasteiger partial charge in [-0.2, -0.15) is 13.2 Å². The number of rotatable bonds is 6. The minimum Gasteiger partial charge on any atom is -0.479 e. The Morgan fingerprint density at radius 3 is 2.54 bits per heavy atom. The lowest BCUT2D eigenvalue weighted by atomic mass is 10.1. The summed E-state index contributed by atoms with van der Waals surface area (Å²) < 4.78 is 43.1. The zero-order valence-electron chi connectivity index (χ0n) is 13.5. The average Bonchev–Trinajstić information content (AvgIpc) is 3.01. The highest BCUT2D eigenvalue weighted by Gasteiger charge is 2.42. The van der Waals surface area contributed by atoms with E-state index < -0.39 is 24.0 Å². The van der Waals surface area contributed by atoms with Gasteiger partial charge in [0.05, 0.1) is 5.02 Å². The molecule has 2 rings (SSSR count). The topological polar surface area (TPSA) is 67.4 Å². The zero-order valence-corrected chi connectivity index (χ0v) is 15.1. The first kappa shape index (κ1) is 20.4. The molecule has 0 fully saturated rings. The first-order valence-electron chi connectivity index (χ1n) is 7.60. The summed E-state index contributed by atoms with van der Waals surface area (Å²) in [5.41, 5.74) is 4.34. The SMILES string of the molecule is C[C@H](Oc1ccc(Cl)cc1Cl)C(=O)NNC1=C(C(=O)C(F)(F)F)CCC1. The van der Waals surface area contributed by atoms with Crippen LogP contribution < -0.4 is 15.6 Å². The maximum Gasteiger partial charge on any atom is 0.454 e. The van der Waals surface area contributed by atoms with Gasteiger partial charge in [0.2, 0.25) is 0 Å². The minimum atomic E-state index is -4.95. The standard InChI is InChI=1S/C16H15Cl2F3N2O3/c1-8(26-13-6-5-9(17)7-11(13)18)15(25)23-22-12-4-2-3-10(12)14(24)16(19,20)21/h5-8,22H,2-4H2,1H3,(H,23,25)/t8-/m0/s1. The van der Waals surface area contributed by atoms with Crippen molar-refractivity contribution in [1.82, 2.24) is 10.9 Å². The Kier molecular flexibility index (Phi) is 6.41. The largest absolute Gasteiger partial charge is 0.479 e. The second kappa shape index (κ2) is 8.18. The summed E-state index contributed by atoms with van der Waals surface area (Å²) in [5, 5.41) is 0.609. The van der Waals surface area contributed by atoms with E-state index >= 15 is 0 Å². The Labute approximate surface area is 157 Å². The third-order valence-electron chi connectivity index (χ3n) is 3.65. The first-order valence-corrected chi connectivity index (χ1v) is 8.36. The number of ketones is 1. The van der Waals surface area contributed by atoms with Gasteiger partial charge >= 0.3 is 6.18 Å². The molecule has 142 valence electrons. The lowest BCUT2D eigenvalue weighted by Gasteiger charge is -2.17. The summed E-state index contributed by atoms with van der Waals surface area (Å²) in [5.74, 6) is -2.31. The van der Waals surface area contributed by atoms with E-state index in [-0.39, 0.29) is 34.9 Å². The van der Waals surface area contributed by atoms with E-state index in [1.165, 1.54) is 25.1 Å². The molecule has 1 aliphatic carbocycles. The highest BCUT2D eigenvalue weighted by Crippen LogP contribution is 2.31. The molecular formula is C16H15Cl2F3N2O3. The summed E-state index contributed by atoms with van der Waals surface area (Å²) in [6, 6.07) is 4.46. The van der Waals surface area contributed by atoms with Crippen LogP contribution in [0.3, 0.4) is 0 Å². The molecule has 10 heteroatoms. The number of ether oxygens (including phenoxy) is 1. The van der Waals surface area contributed by atoms with Gasteiger partial charge in [-0.05, 0) is 44.4 Å². The van der Waals surface area contributed by atoms with Gasteiger partial charge in [-0.1, -0.05) is 23.2 Å². The van der Waals surface area contributed by atoms with Crippen molar-refractivity contribution in [2.45, 2.75) is 38.5 Å². The maximum atomic E-state index is 12.6. The fourth-order valence-electron chi connectivity index (χ4n) is 2.36. The fourth-order valence-corrected chi connectivity index (χ4v) is 2.81. The van der Waals surface area contributed by atoms with E-state index in [0.717, 1.165) is 0 Å². The van der Waals surface area contributed by atoms with Crippen LogP contribution in [-0.2, 0) is 9.59 Å². The fraction of sp³-hybridized carbons (Fsp3) is 0.375. The molecule has 0 saturated carbocycles. The lowest BCUT2D eigenvalue weighted by Crippen LogP contribution is -2.44. The summed E-state index contributed by atoms with van der Waals surface area (Å²) in [6.07, 6.45) is -5.32. The van der Waals surface area contributed by atoms with Gasteiger partial charge in [0.25, 0.3) is 11.7 Å². The van der Waals surface area contributed by atoms with Crippen molar-refractivity contribution < 1.29 is 27.5 Å². The van der Waals surface area contributed by atoms with E-state index in [9.17, 15) is 22.8 Å². The van der Waals surface area contributed by atoms with Crippen LogP contribution in [0.1, 0.15) is 26.2 Å². The highest BCUT2D eigenvalue weighted by atomic mass is 35.5. The van der Waals surface area contributed by atoms with Crippen LogP contribution in [0.15, 0.2) is 29.5 Å². The Balaban J connectivity index is 1.98. The molecule has 0 bridgehead atoms. The number of Topliss-reactive ketones (excluding diaryl/α,β-unsaturated/α-hetero) is 1. The number of hydrogen-bond donors (Lipinski definition) is 2. The predicted octanol–water partition coefficient (Wildman–Crippen LogP) is 3.95. The van der Waals surface area contributed by atoms with Crippen LogP contribution in [0.4, 0.5) is 13.2 Å². The second-order valence-electron chi connectivity index (χ2n) is 5.59. The molecule has 1 aromatic rings. The molecule has 0 spiro atoms. The Bertz CT molecular complexity index is 751. The molecule has 2 N–H and O–H groups in total. The monoisotopic (exact) mass is 410 g/mol. The number of benzene rings is 1. The molecule has 1 aliphatic rings. The van der Waals surface area contributed by atoms with Crippen LogP contribution in [0.2, 0.25) is 10.0 Å². The van der Waals surface area contributed by atoms with Crippen LogP contribution in [0.25, 0.3) is 0 Å². The Morgan fingerprint density at radius 2 is 1.92 bits per heavy atom. The van der Waals surface area contributed by atoms with Gasteiger partial charge < -0.3 is 10.2 Å². The summed E-state index contributed by atoms with van der Waals surface area (Å²) in [6.45, 7) is 1.44. The number of nitrogens with one attached hydrogen (secondary N) is 2. The number of alkyl halides is 3. The zero-order chi connectivity index (χ0) is 19.5. The van der Waals surface area contributed by atoms with E-state index in [1.807, 2.05) is 0 Å². The van der Waals surface area contributed by atoms with Gasteiger partial charge in [0.1, 0.15) is 5.75 Å². The van der Waals surface area contributed by atoms with Crippen molar-refractivity contribution in [3.8, 4) is 5.75 Å². The Morgan fingerprint density at radius 1 is 1.23 bits per heavy atom. The van der Waals surface area contributed by atoms with Gasteiger partial charge in [0, 0.05) is 16.3 Å². The number of hydrazine groups is 1. The number of amides is 1. The Hall–Kier alpha value is -1.93. The lowest BCUT2D eigenvalue weighted by molar-refractivity contribution is -0.166. The van der Waals surface area contributed by atoms with Crippen LogP contribution in [-0.4, -0.2) is 24.0 Å². The first-order chi connectivity index (χ1) is 12.1. The van der Waals surface area contributed by atoms with Crippen LogP contribution in [0, 0.1) is 0 Å². The molecule has 1 atom stereocenters. The van der Waals surface area contributed by atoms with E-state index in [1.54, 1.807) is 0 Å². The van der Waals surface area contributed by atoms with Crippen LogP contribution in [0.5, 0.6) is 5.75 Å². The number of halogens is 5. The molecule has 1 amide bonds. The molecule has 1 aromatic carbocycles. The summed E-state index contributed by atoms with van der Waals surface area (Å²) in [7, 11) is 0. The predicted molar refractivity (Wildman–Crippen MR) is 89.8 cm³/mol. The quantitative estimate of drug-likeness (QED) is 0.696. The van der Waals surface area contributed by atoms with Crippen molar-refractivity contribution in [2.24, 2.45) is 0 Å². The van der Waals surface area contributed by atoms with Crippen molar-refractivity contribution in [2.75, 3.05) is 0 Å². The van der Waals surface area contributed by atoms with Gasteiger partial charge in [-0.15, -0.1) is 0 Å². The normalized spacial score (nSPS) is 15.6. The van der Waals surface area contributed by atoms with E-state index in [2.05, 4.69) is 10.9 Å². The minimum absolute atomic E-state index is 0.00296. The third kappa shape index (κ3) is 5.04. The van der Waals surface area contributed by atoms with Crippen molar-refractivity contribution in [3.63, 3.8) is 0 Å². The van der Waals surface area contributed by atoms with E-state index in [4.69, 9.17) is 27.9 Å².